The molecule has 4 rings (SSSR count). The van der Waals surface area contributed by atoms with Crippen LogP contribution < -0.4 is 9.47 Å². The highest BCUT2D eigenvalue weighted by Gasteiger charge is 2.28. The molecule has 1 amide bonds. The van der Waals surface area contributed by atoms with Gasteiger partial charge in [0.25, 0.3) is 5.91 Å². The molecule has 0 radical (unpaired) electrons. The van der Waals surface area contributed by atoms with Gasteiger partial charge in [-0.15, -0.1) is 0 Å². The largest absolute Gasteiger partial charge is 0.496 e. The van der Waals surface area contributed by atoms with E-state index >= 15 is 0 Å². The average molecular weight is 540 g/mol. The maximum atomic E-state index is 14.1. The Morgan fingerprint density at radius 3 is 1.70 bits per heavy atom. The first-order chi connectivity index (χ1) is 19.4. The SMILES string of the molecule is COC(=O)c1cc(C(=O)N(Cc2ccccc2)Cc2ccc(Oc3ccccc3)cc2)c(C(=O)OC)cc1OC. The molecule has 0 heterocycles. The summed E-state index contributed by atoms with van der Waals surface area (Å²) in [7, 11) is 3.81. The molecule has 0 spiro atoms. The first kappa shape index (κ1) is 27.9. The predicted octanol–water partition coefficient (Wildman–Crippen LogP) is 5.90. The van der Waals surface area contributed by atoms with E-state index in [9.17, 15) is 14.4 Å². The summed E-state index contributed by atoms with van der Waals surface area (Å²) in [5, 5.41) is 0. The minimum Gasteiger partial charge on any atom is -0.496 e. The van der Waals surface area contributed by atoms with E-state index in [0.717, 1.165) is 11.1 Å². The molecule has 8 nitrogen and oxygen atoms in total. The fourth-order valence-electron chi connectivity index (χ4n) is 4.16. The number of nitrogens with zero attached hydrogens (tertiary/aromatic N) is 1. The van der Waals surface area contributed by atoms with Crippen LogP contribution in [-0.2, 0) is 22.6 Å². The molecular weight excluding hydrogens is 510 g/mol. The molecule has 0 bridgehead atoms. The van der Waals surface area contributed by atoms with Crippen LogP contribution in [0.3, 0.4) is 0 Å². The van der Waals surface area contributed by atoms with Crippen LogP contribution in [0.2, 0.25) is 0 Å². The molecule has 40 heavy (non-hydrogen) atoms. The summed E-state index contributed by atoms with van der Waals surface area (Å²) in [6, 6.07) is 29.0. The van der Waals surface area contributed by atoms with E-state index in [0.29, 0.717) is 11.5 Å². The molecule has 0 unspecified atom stereocenters. The van der Waals surface area contributed by atoms with Crippen molar-refractivity contribution in [3.63, 3.8) is 0 Å². The second-order valence-corrected chi connectivity index (χ2v) is 8.79. The average Bonchev–Trinajstić information content (AvgIpc) is 3.00. The van der Waals surface area contributed by atoms with Crippen molar-refractivity contribution in [3.05, 3.63) is 125 Å². The topological polar surface area (TPSA) is 91.4 Å². The third kappa shape index (κ3) is 6.66. The molecule has 0 aromatic heterocycles. The summed E-state index contributed by atoms with van der Waals surface area (Å²) in [6.07, 6.45) is 0. The molecule has 8 heteroatoms. The van der Waals surface area contributed by atoms with Gasteiger partial charge in [-0.2, -0.15) is 0 Å². The van der Waals surface area contributed by atoms with E-state index in [-0.39, 0.29) is 35.5 Å². The fourth-order valence-corrected chi connectivity index (χ4v) is 4.16. The second-order valence-electron chi connectivity index (χ2n) is 8.79. The quantitative estimate of drug-likeness (QED) is 0.232. The van der Waals surface area contributed by atoms with Crippen LogP contribution in [0.4, 0.5) is 0 Å². The van der Waals surface area contributed by atoms with Crippen LogP contribution in [0, 0.1) is 0 Å². The molecule has 0 aliphatic carbocycles. The van der Waals surface area contributed by atoms with Gasteiger partial charge in [0.2, 0.25) is 0 Å². The van der Waals surface area contributed by atoms with Gasteiger partial charge in [0.15, 0.2) is 0 Å². The highest BCUT2D eigenvalue weighted by Crippen LogP contribution is 2.28. The number of rotatable bonds is 10. The molecule has 0 saturated heterocycles. The van der Waals surface area contributed by atoms with E-state index in [2.05, 4.69) is 0 Å². The molecule has 0 atom stereocenters. The number of para-hydroxylation sites is 1. The first-order valence-corrected chi connectivity index (χ1v) is 12.5. The summed E-state index contributed by atoms with van der Waals surface area (Å²) in [5.41, 5.74) is 1.71. The van der Waals surface area contributed by atoms with Gasteiger partial charge in [0.1, 0.15) is 22.8 Å². The van der Waals surface area contributed by atoms with E-state index in [1.165, 1.54) is 33.5 Å². The Kier molecular flexibility index (Phi) is 9.15. The molecular formula is C32H29NO7. The van der Waals surface area contributed by atoms with Crippen molar-refractivity contribution in [2.45, 2.75) is 13.1 Å². The van der Waals surface area contributed by atoms with Crippen molar-refractivity contribution in [1.29, 1.82) is 0 Å². The zero-order valence-electron chi connectivity index (χ0n) is 22.5. The summed E-state index contributed by atoms with van der Waals surface area (Å²) in [4.78, 5) is 40.8. The van der Waals surface area contributed by atoms with Crippen LogP contribution >= 0.6 is 0 Å². The number of carbonyl (C=O) groups excluding carboxylic acids is 3. The number of hydrogen-bond acceptors (Lipinski definition) is 7. The van der Waals surface area contributed by atoms with Gasteiger partial charge in [-0.25, -0.2) is 9.59 Å². The highest BCUT2D eigenvalue weighted by atomic mass is 16.5. The number of carbonyl (C=O) groups is 3. The maximum absolute atomic E-state index is 14.1. The third-order valence-corrected chi connectivity index (χ3v) is 6.16. The molecule has 0 aliphatic rings. The van der Waals surface area contributed by atoms with E-state index in [1.807, 2.05) is 84.9 Å². The predicted molar refractivity (Wildman–Crippen MR) is 149 cm³/mol. The lowest BCUT2D eigenvalue weighted by Gasteiger charge is -2.25. The van der Waals surface area contributed by atoms with Crippen LogP contribution in [0.1, 0.15) is 42.2 Å². The highest BCUT2D eigenvalue weighted by molar-refractivity contribution is 6.08. The molecule has 4 aromatic carbocycles. The van der Waals surface area contributed by atoms with Crippen LogP contribution in [-0.4, -0.2) is 44.1 Å². The van der Waals surface area contributed by atoms with Gasteiger partial charge < -0.3 is 23.8 Å². The third-order valence-electron chi connectivity index (χ3n) is 6.16. The fraction of sp³-hybridized carbons (Fsp3) is 0.156. The summed E-state index contributed by atoms with van der Waals surface area (Å²) in [5.74, 6) is -0.450. The number of benzene rings is 4. The number of ether oxygens (including phenoxy) is 4. The van der Waals surface area contributed by atoms with Crippen molar-refractivity contribution in [3.8, 4) is 17.2 Å². The van der Waals surface area contributed by atoms with Crippen molar-refractivity contribution in [2.75, 3.05) is 21.3 Å². The van der Waals surface area contributed by atoms with Crippen LogP contribution in [0.5, 0.6) is 17.2 Å². The summed E-state index contributed by atoms with van der Waals surface area (Å²) >= 11 is 0. The minimum atomic E-state index is -0.736. The second kappa shape index (κ2) is 13.1. The normalized spacial score (nSPS) is 10.4. The minimum absolute atomic E-state index is 0.00647. The number of hydrogen-bond donors (Lipinski definition) is 0. The summed E-state index contributed by atoms with van der Waals surface area (Å²) < 4.78 is 21.0. The zero-order chi connectivity index (χ0) is 28.5. The Bertz CT molecular complexity index is 1470. The van der Waals surface area contributed by atoms with Crippen LogP contribution in [0.15, 0.2) is 97.1 Å². The lowest BCUT2D eigenvalue weighted by molar-refractivity contribution is 0.0576. The number of amides is 1. The first-order valence-electron chi connectivity index (χ1n) is 12.5. The Morgan fingerprint density at radius 1 is 0.600 bits per heavy atom. The van der Waals surface area contributed by atoms with Gasteiger partial charge >= 0.3 is 11.9 Å². The Labute approximate surface area is 232 Å². The van der Waals surface area contributed by atoms with Gasteiger partial charge in [-0.3, -0.25) is 4.79 Å². The van der Waals surface area contributed by atoms with Gasteiger partial charge in [-0.1, -0.05) is 60.7 Å². The molecule has 4 aromatic rings. The van der Waals surface area contributed by atoms with Crippen molar-refractivity contribution in [2.24, 2.45) is 0 Å². The van der Waals surface area contributed by atoms with Crippen molar-refractivity contribution >= 4 is 17.8 Å². The Morgan fingerprint density at radius 2 is 1.12 bits per heavy atom. The van der Waals surface area contributed by atoms with Gasteiger partial charge in [0, 0.05) is 13.1 Å². The molecule has 0 saturated carbocycles. The van der Waals surface area contributed by atoms with E-state index < -0.39 is 17.8 Å². The summed E-state index contributed by atoms with van der Waals surface area (Å²) in [6.45, 7) is 0.474. The van der Waals surface area contributed by atoms with Crippen molar-refractivity contribution in [1.82, 2.24) is 4.90 Å². The number of methoxy groups -OCH3 is 3. The van der Waals surface area contributed by atoms with E-state index in [4.69, 9.17) is 18.9 Å². The van der Waals surface area contributed by atoms with Crippen molar-refractivity contribution < 1.29 is 33.3 Å². The Hall–Kier alpha value is -5.11. The molecule has 0 aliphatic heterocycles. The Balaban J connectivity index is 1.70. The molecule has 0 N–H and O–H groups in total. The van der Waals surface area contributed by atoms with E-state index in [1.54, 1.807) is 4.90 Å². The smallest absolute Gasteiger partial charge is 0.341 e. The van der Waals surface area contributed by atoms with Gasteiger partial charge in [-0.05, 0) is 47.5 Å². The molecule has 0 fully saturated rings. The lowest BCUT2D eigenvalue weighted by Crippen LogP contribution is -2.32. The zero-order valence-corrected chi connectivity index (χ0v) is 22.5. The monoisotopic (exact) mass is 539 g/mol. The van der Waals surface area contributed by atoms with Crippen LogP contribution in [0.25, 0.3) is 0 Å². The lowest BCUT2D eigenvalue weighted by atomic mass is 10.0. The van der Waals surface area contributed by atoms with Gasteiger partial charge in [0.05, 0.1) is 32.5 Å². The maximum Gasteiger partial charge on any atom is 0.341 e. The standard InChI is InChI=1S/C32H29NO7/c1-37-29-19-27(31(35)38-2)26(18-28(29)32(36)39-3)30(34)33(20-22-10-6-4-7-11-22)21-23-14-16-25(17-15-23)40-24-12-8-5-9-13-24/h4-19H,20-21H2,1-3H3. The number of esters is 2. The molecule has 204 valence electrons.